The van der Waals surface area contributed by atoms with Crippen molar-refractivity contribution in [2.45, 2.75) is 12.6 Å². The highest BCUT2D eigenvalue weighted by Gasteiger charge is 2.22. The Balaban J connectivity index is 1.70. The van der Waals surface area contributed by atoms with E-state index < -0.39 is 0 Å². The first kappa shape index (κ1) is 12.6. The minimum Gasteiger partial charge on any atom is -0.423 e. The van der Waals surface area contributed by atoms with Gasteiger partial charge in [0, 0.05) is 11.5 Å². The first-order valence-corrected chi connectivity index (χ1v) is 6.29. The summed E-state index contributed by atoms with van der Waals surface area (Å²) in [6.07, 6.45) is -0.282. The third kappa shape index (κ3) is 2.77. The van der Waals surface area contributed by atoms with E-state index in [2.05, 4.69) is 16.1 Å². The molecule has 6 nitrogen and oxygen atoms in total. The second kappa shape index (κ2) is 5.28. The summed E-state index contributed by atoms with van der Waals surface area (Å²) in [6, 6.07) is 11.2. The van der Waals surface area contributed by atoms with Crippen LogP contribution < -0.4 is 5.63 Å². The molecule has 1 aromatic carbocycles. The highest BCUT2D eigenvalue weighted by Crippen LogP contribution is 2.14. The van der Waals surface area contributed by atoms with Crippen molar-refractivity contribution in [1.29, 1.82) is 0 Å². The number of nitrogens with zero attached hydrogens (tertiary/aromatic N) is 3. The third-order valence-electron chi connectivity index (χ3n) is 3.05. The average Bonchev–Trinajstić information content (AvgIpc) is 2.41. The Morgan fingerprint density at radius 1 is 1.35 bits per heavy atom. The molecule has 0 spiro atoms. The first-order valence-electron chi connectivity index (χ1n) is 6.29. The molecule has 1 aliphatic heterocycles. The first-order chi connectivity index (χ1) is 9.70. The van der Waals surface area contributed by atoms with E-state index in [0.29, 0.717) is 25.2 Å². The highest BCUT2D eigenvalue weighted by molar-refractivity contribution is 5.76. The van der Waals surface area contributed by atoms with Crippen molar-refractivity contribution in [2.75, 3.05) is 13.1 Å². The summed E-state index contributed by atoms with van der Waals surface area (Å²) in [6.45, 7) is 1.53. The summed E-state index contributed by atoms with van der Waals surface area (Å²) in [7, 11) is 0. The van der Waals surface area contributed by atoms with Gasteiger partial charge in [0.15, 0.2) is 0 Å². The molecule has 0 amide bonds. The lowest BCUT2D eigenvalue weighted by atomic mass is 10.1. The minimum absolute atomic E-state index is 0.282. The van der Waals surface area contributed by atoms with Gasteiger partial charge in [0.05, 0.1) is 25.7 Å². The van der Waals surface area contributed by atoms with Gasteiger partial charge in [-0.1, -0.05) is 6.07 Å². The summed E-state index contributed by atoms with van der Waals surface area (Å²) < 4.78 is 5.06. The van der Waals surface area contributed by atoms with Gasteiger partial charge in [-0.05, 0) is 23.8 Å². The van der Waals surface area contributed by atoms with E-state index in [0.717, 1.165) is 10.9 Å². The van der Waals surface area contributed by atoms with Crippen molar-refractivity contribution in [3.05, 3.63) is 46.3 Å². The molecule has 1 fully saturated rings. The fourth-order valence-corrected chi connectivity index (χ4v) is 1.96. The fourth-order valence-electron chi connectivity index (χ4n) is 1.96. The molecule has 0 bridgehead atoms. The molecule has 0 radical (unpaired) electrons. The Morgan fingerprint density at radius 3 is 3.00 bits per heavy atom. The average molecular weight is 271 g/mol. The predicted octanol–water partition coefficient (Wildman–Crippen LogP) is 1.06. The van der Waals surface area contributed by atoms with Crippen LogP contribution in [-0.4, -0.2) is 35.3 Å². The quantitative estimate of drug-likeness (QED) is 0.668. The Morgan fingerprint density at radius 2 is 2.20 bits per heavy atom. The van der Waals surface area contributed by atoms with Crippen molar-refractivity contribution in [3.63, 3.8) is 0 Å². The summed E-state index contributed by atoms with van der Waals surface area (Å²) in [5.41, 5.74) is 1.19. The Kier molecular flexibility index (Phi) is 3.33. The van der Waals surface area contributed by atoms with E-state index in [-0.39, 0.29) is 11.7 Å². The Hall–Kier alpha value is -2.43. The van der Waals surface area contributed by atoms with Crippen molar-refractivity contribution >= 4 is 17.0 Å². The molecule has 0 unspecified atom stereocenters. The van der Waals surface area contributed by atoms with Gasteiger partial charge in [0.1, 0.15) is 11.6 Å². The lowest BCUT2D eigenvalue weighted by molar-refractivity contribution is 0.00455. The Bertz CT molecular complexity index is 741. The molecule has 0 atom stereocenters. The molecule has 6 heteroatoms. The molecule has 2 heterocycles. The normalized spacial score (nSPS) is 14.8. The number of hydrogen-bond donors (Lipinski definition) is 1. The Labute approximate surface area is 114 Å². The third-order valence-corrected chi connectivity index (χ3v) is 3.05. The topological polar surface area (TPSA) is 78.4 Å². The van der Waals surface area contributed by atoms with Crippen molar-refractivity contribution in [2.24, 2.45) is 10.1 Å². The smallest absolute Gasteiger partial charge is 0.336 e. The molecule has 1 aliphatic rings. The minimum atomic E-state index is -0.355. The predicted molar refractivity (Wildman–Crippen MR) is 73.6 cm³/mol. The van der Waals surface area contributed by atoms with Crippen LogP contribution in [0.2, 0.25) is 0 Å². The number of rotatable bonds is 3. The van der Waals surface area contributed by atoms with Crippen LogP contribution in [0.4, 0.5) is 0 Å². The van der Waals surface area contributed by atoms with Gasteiger partial charge < -0.3 is 9.52 Å². The van der Waals surface area contributed by atoms with Crippen molar-refractivity contribution < 1.29 is 9.52 Å². The molecule has 1 aromatic heterocycles. The van der Waals surface area contributed by atoms with E-state index in [4.69, 9.17) is 9.52 Å². The molecule has 3 rings (SSSR count). The molecular weight excluding hydrogens is 258 g/mol. The van der Waals surface area contributed by atoms with E-state index in [1.807, 2.05) is 12.1 Å². The molecule has 2 aromatic rings. The standard InChI is InChI=1S/C14H13N3O3/c18-12-7-17(8-12)16-9-15-6-10-1-3-13-11(5-10)2-4-14(19)20-13/h1-5,12,18H,6-8H2. The van der Waals surface area contributed by atoms with Gasteiger partial charge in [0.25, 0.3) is 0 Å². The maximum atomic E-state index is 11.1. The molecule has 20 heavy (non-hydrogen) atoms. The van der Waals surface area contributed by atoms with E-state index in [1.165, 1.54) is 6.07 Å². The van der Waals surface area contributed by atoms with Crippen LogP contribution in [0.3, 0.4) is 0 Å². The van der Waals surface area contributed by atoms with Crippen LogP contribution in [0, 0.1) is 0 Å². The number of hydrogen-bond acceptors (Lipinski definition) is 6. The zero-order valence-electron chi connectivity index (χ0n) is 10.7. The summed E-state index contributed by atoms with van der Waals surface area (Å²) in [4.78, 5) is 15.2. The van der Waals surface area contributed by atoms with Gasteiger partial charge in [-0.2, -0.15) is 0 Å². The van der Waals surface area contributed by atoms with E-state index in [9.17, 15) is 4.79 Å². The second-order valence-electron chi connectivity index (χ2n) is 4.67. The maximum absolute atomic E-state index is 11.1. The summed E-state index contributed by atoms with van der Waals surface area (Å²) in [5.74, 6) is 0. The van der Waals surface area contributed by atoms with E-state index >= 15 is 0 Å². The van der Waals surface area contributed by atoms with Crippen molar-refractivity contribution in [3.8, 4) is 0 Å². The SMILES string of the molecule is O=c1ccc2cc(CN=C=NN3CC(O)C3)ccc2o1. The van der Waals surface area contributed by atoms with Crippen LogP contribution in [0.15, 0.2) is 49.6 Å². The zero-order chi connectivity index (χ0) is 13.9. The molecule has 0 aliphatic carbocycles. The maximum Gasteiger partial charge on any atom is 0.336 e. The lowest BCUT2D eigenvalue weighted by Crippen LogP contribution is -2.47. The fraction of sp³-hybridized carbons (Fsp3) is 0.286. The van der Waals surface area contributed by atoms with Crippen LogP contribution in [0.1, 0.15) is 5.56 Å². The zero-order valence-corrected chi connectivity index (χ0v) is 10.7. The molecule has 1 N–H and O–H groups in total. The van der Waals surface area contributed by atoms with Crippen LogP contribution in [-0.2, 0) is 6.54 Å². The number of aliphatic hydroxyl groups is 1. The molecule has 102 valence electrons. The highest BCUT2D eigenvalue weighted by atomic mass is 16.4. The molecular formula is C14H13N3O3. The number of aliphatic hydroxyl groups excluding tert-OH is 1. The monoisotopic (exact) mass is 271 g/mol. The molecule has 1 saturated heterocycles. The number of aliphatic imine (C=N–C) groups is 1. The van der Waals surface area contributed by atoms with Gasteiger partial charge in [-0.15, -0.1) is 5.10 Å². The summed E-state index contributed by atoms with van der Waals surface area (Å²) in [5, 5.41) is 15.6. The largest absolute Gasteiger partial charge is 0.423 e. The number of hydrazone groups is 1. The van der Waals surface area contributed by atoms with Crippen molar-refractivity contribution in [1.82, 2.24) is 5.01 Å². The van der Waals surface area contributed by atoms with Gasteiger partial charge in [-0.25, -0.2) is 9.79 Å². The second-order valence-corrected chi connectivity index (χ2v) is 4.67. The molecule has 0 saturated carbocycles. The van der Waals surface area contributed by atoms with Gasteiger partial charge in [0.2, 0.25) is 0 Å². The summed E-state index contributed by atoms with van der Waals surface area (Å²) >= 11 is 0. The van der Waals surface area contributed by atoms with E-state index in [1.54, 1.807) is 17.1 Å². The van der Waals surface area contributed by atoms with Gasteiger partial charge in [-0.3, -0.25) is 5.01 Å². The number of β-amino-alcohol motifs (C(OH)–C–C–N with tert-alkyl or cyclic N) is 1. The van der Waals surface area contributed by atoms with Crippen LogP contribution >= 0.6 is 0 Å². The van der Waals surface area contributed by atoms with Crippen LogP contribution in [0.5, 0.6) is 0 Å². The number of benzene rings is 1. The lowest BCUT2D eigenvalue weighted by Gasteiger charge is -2.31. The number of fused-ring (bicyclic) bond motifs is 1. The van der Waals surface area contributed by atoms with Gasteiger partial charge >= 0.3 is 5.63 Å². The van der Waals surface area contributed by atoms with Crippen LogP contribution in [0.25, 0.3) is 11.0 Å².